The zero-order valence-electron chi connectivity index (χ0n) is 21.1. The smallest absolute Gasteiger partial charge is 0.0577 e. The number of aliphatic hydroxyl groups is 2. The highest BCUT2D eigenvalue weighted by Crippen LogP contribution is 2.67. The van der Waals surface area contributed by atoms with E-state index in [0.29, 0.717) is 22.7 Å². The summed E-state index contributed by atoms with van der Waals surface area (Å²) in [6, 6.07) is 0. The zero-order chi connectivity index (χ0) is 22.4. The van der Waals surface area contributed by atoms with Crippen LogP contribution in [0.4, 0.5) is 0 Å². The quantitative estimate of drug-likeness (QED) is 0.455. The van der Waals surface area contributed by atoms with E-state index in [-0.39, 0.29) is 12.2 Å². The molecule has 4 fully saturated rings. The van der Waals surface area contributed by atoms with Gasteiger partial charge in [-0.15, -0.1) is 0 Å². The SMILES string of the molecule is CC.CC(C(O)CCC1CC1)C1CCC2C3CC=C4CC(O)CCC4(C)C3CCC12C. The van der Waals surface area contributed by atoms with Crippen molar-refractivity contribution in [3.8, 4) is 0 Å². The second-order valence-electron chi connectivity index (χ2n) is 12.3. The molecule has 0 heterocycles. The Morgan fingerprint density at radius 3 is 2.45 bits per heavy atom. The van der Waals surface area contributed by atoms with Gasteiger partial charge >= 0.3 is 0 Å². The molecule has 0 spiro atoms. The fraction of sp³-hybridized carbons (Fsp3) is 0.931. The first-order valence-corrected chi connectivity index (χ1v) is 13.9. The maximum atomic E-state index is 11.0. The maximum Gasteiger partial charge on any atom is 0.0577 e. The molecule has 0 aromatic carbocycles. The largest absolute Gasteiger partial charge is 0.393 e. The van der Waals surface area contributed by atoms with E-state index in [4.69, 9.17) is 0 Å². The van der Waals surface area contributed by atoms with Gasteiger partial charge in [0.15, 0.2) is 0 Å². The van der Waals surface area contributed by atoms with E-state index in [2.05, 4.69) is 26.8 Å². The van der Waals surface area contributed by atoms with E-state index in [0.717, 1.165) is 42.9 Å². The molecule has 2 N–H and O–H groups in total. The van der Waals surface area contributed by atoms with Gasteiger partial charge in [0.25, 0.3) is 0 Å². The molecule has 5 rings (SSSR count). The first-order chi connectivity index (χ1) is 14.8. The number of hydrogen-bond donors (Lipinski definition) is 2. The van der Waals surface area contributed by atoms with Crippen LogP contribution in [0.15, 0.2) is 11.6 Å². The van der Waals surface area contributed by atoms with Gasteiger partial charge in [0, 0.05) is 0 Å². The lowest BCUT2D eigenvalue weighted by atomic mass is 9.47. The van der Waals surface area contributed by atoms with Crippen molar-refractivity contribution in [3.63, 3.8) is 0 Å². The molecule has 9 unspecified atom stereocenters. The topological polar surface area (TPSA) is 40.5 Å². The second-order valence-corrected chi connectivity index (χ2v) is 12.3. The maximum absolute atomic E-state index is 11.0. The lowest BCUT2D eigenvalue weighted by Gasteiger charge is -2.58. The Hall–Kier alpha value is -0.340. The Morgan fingerprint density at radius 1 is 1.00 bits per heavy atom. The third-order valence-corrected chi connectivity index (χ3v) is 11.0. The molecule has 5 aliphatic carbocycles. The van der Waals surface area contributed by atoms with E-state index in [9.17, 15) is 10.2 Å². The van der Waals surface area contributed by atoms with Gasteiger partial charge in [0.05, 0.1) is 12.2 Å². The fourth-order valence-corrected chi connectivity index (χ4v) is 8.89. The molecule has 5 aliphatic rings. The van der Waals surface area contributed by atoms with Crippen molar-refractivity contribution < 1.29 is 10.2 Å². The minimum Gasteiger partial charge on any atom is -0.393 e. The third-order valence-electron chi connectivity index (χ3n) is 11.0. The van der Waals surface area contributed by atoms with Crippen LogP contribution in [-0.4, -0.2) is 22.4 Å². The average Bonchev–Trinajstić information content (AvgIpc) is 3.53. The van der Waals surface area contributed by atoms with Gasteiger partial charge < -0.3 is 10.2 Å². The fourth-order valence-electron chi connectivity index (χ4n) is 8.89. The van der Waals surface area contributed by atoms with Gasteiger partial charge in [-0.05, 0) is 111 Å². The molecule has 9 atom stereocenters. The molecule has 2 heteroatoms. The second kappa shape index (κ2) is 9.13. The number of allylic oxidation sites excluding steroid dienone is 1. The van der Waals surface area contributed by atoms with Crippen LogP contribution in [0.2, 0.25) is 0 Å². The number of hydrogen-bond acceptors (Lipinski definition) is 2. The van der Waals surface area contributed by atoms with E-state index >= 15 is 0 Å². The van der Waals surface area contributed by atoms with Crippen molar-refractivity contribution in [2.75, 3.05) is 0 Å². The first kappa shape index (κ1) is 23.8. The van der Waals surface area contributed by atoms with Crippen molar-refractivity contribution in [3.05, 3.63) is 11.6 Å². The molecule has 4 saturated carbocycles. The van der Waals surface area contributed by atoms with Gasteiger partial charge in [0.1, 0.15) is 0 Å². The van der Waals surface area contributed by atoms with E-state index < -0.39 is 0 Å². The molecule has 31 heavy (non-hydrogen) atoms. The summed E-state index contributed by atoms with van der Waals surface area (Å²) in [5.74, 6) is 4.58. The van der Waals surface area contributed by atoms with Crippen LogP contribution in [0.25, 0.3) is 0 Å². The van der Waals surface area contributed by atoms with E-state index in [1.807, 2.05) is 13.8 Å². The highest BCUT2D eigenvalue weighted by Gasteiger charge is 2.59. The highest BCUT2D eigenvalue weighted by atomic mass is 16.3. The molecular weight excluding hydrogens is 380 g/mol. The van der Waals surface area contributed by atoms with Crippen molar-refractivity contribution in [2.24, 2.45) is 46.3 Å². The zero-order valence-corrected chi connectivity index (χ0v) is 21.1. The van der Waals surface area contributed by atoms with Crippen LogP contribution in [0, 0.1) is 46.3 Å². The molecule has 0 amide bonds. The summed E-state index contributed by atoms with van der Waals surface area (Å²) < 4.78 is 0. The molecule has 0 aliphatic heterocycles. The van der Waals surface area contributed by atoms with Crippen LogP contribution in [0.5, 0.6) is 0 Å². The minimum atomic E-state index is -0.103. The highest BCUT2D eigenvalue weighted by molar-refractivity contribution is 5.25. The monoisotopic (exact) mass is 430 g/mol. The molecule has 0 bridgehead atoms. The van der Waals surface area contributed by atoms with Crippen LogP contribution in [0.1, 0.15) is 112 Å². The van der Waals surface area contributed by atoms with Gasteiger partial charge in [-0.3, -0.25) is 0 Å². The molecule has 0 aromatic heterocycles. The Morgan fingerprint density at radius 2 is 1.74 bits per heavy atom. The summed E-state index contributed by atoms with van der Waals surface area (Å²) in [5, 5.41) is 21.2. The summed E-state index contributed by atoms with van der Waals surface area (Å²) in [4.78, 5) is 0. The standard InChI is InChI=1S/C27H44O2.C2H6/c1-17(25(29)11-6-18-4-5-18)22-9-10-23-21-8-7-19-16-20(28)12-14-26(19,2)24(21)13-15-27(22,23)3;1-2/h7,17-18,20-25,28-29H,4-6,8-16H2,1-3H3;1-2H3. The predicted octanol–water partition coefficient (Wildman–Crippen LogP) is 7.14. The molecule has 178 valence electrons. The summed E-state index contributed by atoms with van der Waals surface area (Å²) in [5.41, 5.74) is 2.35. The van der Waals surface area contributed by atoms with E-state index in [1.54, 1.807) is 5.57 Å². The Balaban J connectivity index is 0.00000112. The van der Waals surface area contributed by atoms with Gasteiger partial charge in [0.2, 0.25) is 0 Å². The summed E-state index contributed by atoms with van der Waals surface area (Å²) in [6.07, 6.45) is 17.2. The lowest BCUT2D eigenvalue weighted by molar-refractivity contribution is -0.0680. The van der Waals surface area contributed by atoms with Crippen molar-refractivity contribution >= 4 is 0 Å². The number of aliphatic hydroxyl groups excluding tert-OH is 2. The summed E-state index contributed by atoms with van der Waals surface area (Å²) in [6.45, 7) is 11.5. The van der Waals surface area contributed by atoms with Crippen molar-refractivity contribution in [1.29, 1.82) is 0 Å². The molecule has 0 aromatic rings. The average molecular weight is 431 g/mol. The predicted molar refractivity (Wildman–Crippen MR) is 130 cm³/mol. The minimum absolute atomic E-state index is 0.0934. The molecule has 2 nitrogen and oxygen atoms in total. The Bertz CT molecular complexity index is 651. The van der Waals surface area contributed by atoms with Crippen LogP contribution in [0.3, 0.4) is 0 Å². The number of fused-ring (bicyclic) bond motifs is 5. The normalized spacial score (nSPS) is 45.9. The van der Waals surface area contributed by atoms with Crippen LogP contribution in [-0.2, 0) is 0 Å². The van der Waals surface area contributed by atoms with E-state index in [1.165, 1.54) is 57.8 Å². The van der Waals surface area contributed by atoms with Gasteiger partial charge in [-0.1, -0.05) is 59.1 Å². The van der Waals surface area contributed by atoms with Crippen LogP contribution >= 0.6 is 0 Å². The Kier molecular flexibility index (Phi) is 7.01. The van der Waals surface area contributed by atoms with Gasteiger partial charge in [-0.25, -0.2) is 0 Å². The summed E-state index contributed by atoms with van der Waals surface area (Å²) in [7, 11) is 0. The third kappa shape index (κ3) is 4.18. The van der Waals surface area contributed by atoms with Gasteiger partial charge in [-0.2, -0.15) is 0 Å². The molecule has 0 radical (unpaired) electrons. The molecular formula is C29H50O2. The number of rotatable bonds is 5. The van der Waals surface area contributed by atoms with Crippen molar-refractivity contribution in [2.45, 2.75) is 124 Å². The first-order valence-electron chi connectivity index (χ1n) is 13.9. The lowest BCUT2D eigenvalue weighted by Crippen LogP contribution is -2.51. The molecule has 0 saturated heterocycles. The van der Waals surface area contributed by atoms with Crippen molar-refractivity contribution in [1.82, 2.24) is 0 Å². The summed E-state index contributed by atoms with van der Waals surface area (Å²) >= 11 is 0. The Labute approximate surface area is 192 Å². The van der Waals surface area contributed by atoms with Crippen LogP contribution < -0.4 is 0 Å².